The van der Waals surface area contributed by atoms with Crippen molar-refractivity contribution in [2.75, 3.05) is 47.2 Å². The van der Waals surface area contributed by atoms with Crippen LogP contribution in [0.1, 0.15) is 58.8 Å². The molecule has 18 heteroatoms. The summed E-state index contributed by atoms with van der Waals surface area (Å²) in [7, 11) is -0.822. The lowest BCUT2D eigenvalue weighted by Crippen LogP contribution is -2.63. The van der Waals surface area contributed by atoms with Gasteiger partial charge in [0.05, 0.1) is 51.0 Å². The number of fused-ring (bicyclic) bond motifs is 3. The predicted molar refractivity (Wildman–Crippen MR) is 209 cm³/mol. The Morgan fingerprint density at radius 2 is 1.88 bits per heavy atom. The first-order valence-corrected chi connectivity index (χ1v) is 21.5. The fourth-order valence-electron chi connectivity index (χ4n) is 8.46. The number of hydrogen-bond donors (Lipinski definition) is 3. The van der Waals surface area contributed by atoms with Crippen LogP contribution >= 0.6 is 0 Å². The van der Waals surface area contributed by atoms with Crippen molar-refractivity contribution in [1.29, 1.82) is 0 Å². The molecule has 1 aromatic carbocycles. The molecule has 316 valence electrons. The van der Waals surface area contributed by atoms with Gasteiger partial charge in [0, 0.05) is 30.2 Å². The Kier molecular flexibility index (Phi) is 12.1. The zero-order chi connectivity index (χ0) is 41.4. The fraction of sp³-hybridized carbons (Fsp3) is 0.625. The number of nitrogens with zero attached hydrogens (tertiary/aromatic N) is 3. The number of carboxylic acid groups (broad SMARTS) is 1. The van der Waals surface area contributed by atoms with Crippen molar-refractivity contribution in [2.45, 2.75) is 93.8 Å². The van der Waals surface area contributed by atoms with Gasteiger partial charge >= 0.3 is 6.09 Å². The second kappa shape index (κ2) is 16.9. The molecule has 0 bridgehead atoms. The number of pyridine rings is 1. The van der Waals surface area contributed by atoms with E-state index in [1.165, 1.54) is 16.0 Å². The normalized spacial score (nSPS) is 29.2. The molecule has 4 fully saturated rings. The summed E-state index contributed by atoms with van der Waals surface area (Å²) >= 11 is 0. The van der Waals surface area contributed by atoms with Crippen LogP contribution < -0.4 is 24.2 Å². The first-order valence-electron chi connectivity index (χ1n) is 20.0. The van der Waals surface area contributed by atoms with Gasteiger partial charge in [0.2, 0.25) is 27.7 Å². The van der Waals surface area contributed by atoms with Gasteiger partial charge in [-0.2, -0.15) is 0 Å². The first-order chi connectivity index (χ1) is 27.8. The van der Waals surface area contributed by atoms with E-state index in [1.807, 2.05) is 26.0 Å². The van der Waals surface area contributed by atoms with E-state index in [-0.39, 0.29) is 51.0 Å². The van der Waals surface area contributed by atoms with Crippen molar-refractivity contribution in [1.82, 2.24) is 24.8 Å². The summed E-state index contributed by atoms with van der Waals surface area (Å²) in [6.07, 6.45) is 6.16. The van der Waals surface area contributed by atoms with Crippen molar-refractivity contribution < 1.29 is 56.4 Å². The Balaban J connectivity index is 1.25. The Hall–Kier alpha value is -4.68. The molecule has 7 atom stereocenters. The van der Waals surface area contributed by atoms with Crippen molar-refractivity contribution in [3.63, 3.8) is 0 Å². The van der Waals surface area contributed by atoms with Gasteiger partial charge in [0.1, 0.15) is 41.8 Å². The van der Waals surface area contributed by atoms with E-state index >= 15 is 4.79 Å². The highest BCUT2D eigenvalue weighted by atomic mass is 32.2. The van der Waals surface area contributed by atoms with Gasteiger partial charge in [-0.3, -0.25) is 24.0 Å². The number of sulfonamides is 1. The topological polar surface area (TPSA) is 212 Å². The molecule has 3 N–H and O–H groups in total. The molecule has 1 aromatic heterocycles. The highest BCUT2D eigenvalue weighted by Crippen LogP contribution is 2.46. The summed E-state index contributed by atoms with van der Waals surface area (Å²) < 4.78 is 56.5. The highest BCUT2D eigenvalue weighted by Gasteiger charge is 2.62. The highest BCUT2D eigenvalue weighted by molar-refractivity contribution is 7.91. The monoisotopic (exact) mass is 827 g/mol. The summed E-state index contributed by atoms with van der Waals surface area (Å²) in [4.78, 5) is 63.6. The molecule has 0 spiro atoms. The summed E-state index contributed by atoms with van der Waals surface area (Å²) in [5.74, 6) is -1.65. The van der Waals surface area contributed by atoms with E-state index < -0.39 is 80.7 Å². The van der Waals surface area contributed by atoms with E-state index in [0.29, 0.717) is 54.6 Å². The Labute approximate surface area is 337 Å². The van der Waals surface area contributed by atoms with E-state index in [4.69, 9.17) is 23.7 Å². The maximum Gasteiger partial charge on any atom is 0.408 e. The Morgan fingerprint density at radius 1 is 1.10 bits per heavy atom. The maximum absolute atomic E-state index is 15.1. The molecule has 5 aliphatic rings. The van der Waals surface area contributed by atoms with E-state index in [2.05, 4.69) is 15.0 Å². The summed E-state index contributed by atoms with van der Waals surface area (Å²) in [6.45, 7) is 4.69. The molecule has 17 nitrogen and oxygen atoms in total. The second-order valence-electron chi connectivity index (χ2n) is 16.3. The molecule has 0 radical (unpaired) electrons. The van der Waals surface area contributed by atoms with Crippen LogP contribution in [0.25, 0.3) is 10.8 Å². The minimum atomic E-state index is -3.94. The Morgan fingerprint density at radius 3 is 2.55 bits per heavy atom. The summed E-state index contributed by atoms with van der Waals surface area (Å²) in [5, 5.41) is 14.0. The third-order valence-corrected chi connectivity index (χ3v) is 13.8. The number of benzene rings is 1. The number of aromatic nitrogens is 1. The van der Waals surface area contributed by atoms with Crippen molar-refractivity contribution in [3.8, 4) is 17.4 Å². The number of nitrogens with one attached hydrogen (secondary N) is 2. The average Bonchev–Trinajstić information content (AvgIpc) is 4.09. The number of allylic oxidation sites excluding steroid dienone is 1. The quantitative estimate of drug-likeness (QED) is 0.208. The number of carbonyl (C=O) groups excluding carboxylic acids is 3. The first kappa shape index (κ1) is 41.5. The second-order valence-corrected chi connectivity index (χ2v) is 18.2. The third-order valence-electron chi connectivity index (χ3n) is 12.0. The molecule has 0 unspecified atom stereocenters. The number of methoxy groups -OCH3 is 2. The lowest BCUT2D eigenvalue weighted by molar-refractivity contribution is -0.149. The number of amides is 4. The largest absolute Gasteiger partial charge is 0.497 e. The van der Waals surface area contributed by atoms with E-state index in [1.54, 1.807) is 32.4 Å². The molecule has 2 saturated heterocycles. The Bertz CT molecular complexity index is 2040. The van der Waals surface area contributed by atoms with E-state index in [9.17, 15) is 27.9 Å². The zero-order valence-corrected chi connectivity index (χ0v) is 34.1. The van der Waals surface area contributed by atoms with Gasteiger partial charge in [-0.15, -0.1) is 0 Å². The van der Waals surface area contributed by atoms with Crippen LogP contribution in [-0.4, -0.2) is 134 Å². The van der Waals surface area contributed by atoms with Crippen LogP contribution in [-0.2, 0) is 33.9 Å². The van der Waals surface area contributed by atoms with Crippen molar-refractivity contribution in [2.24, 2.45) is 17.8 Å². The van der Waals surface area contributed by atoms with Gasteiger partial charge in [0.15, 0.2) is 0 Å². The minimum Gasteiger partial charge on any atom is -0.497 e. The van der Waals surface area contributed by atoms with Crippen molar-refractivity contribution >= 4 is 44.6 Å². The smallest absolute Gasteiger partial charge is 0.408 e. The molecule has 4 amide bonds. The summed E-state index contributed by atoms with van der Waals surface area (Å²) in [6, 6.07) is 2.38. The lowest BCUT2D eigenvalue weighted by atomic mass is 9.86. The van der Waals surface area contributed by atoms with Gasteiger partial charge < -0.3 is 39.0 Å². The molecule has 2 aliphatic carbocycles. The minimum absolute atomic E-state index is 0.0291. The van der Waals surface area contributed by atoms with Crippen molar-refractivity contribution in [3.05, 3.63) is 36.5 Å². The number of ether oxygens (including phenoxy) is 5. The fourth-order valence-corrected chi connectivity index (χ4v) is 9.82. The lowest BCUT2D eigenvalue weighted by Gasteiger charge is -2.43. The van der Waals surface area contributed by atoms with Crippen LogP contribution in [0.15, 0.2) is 36.5 Å². The molecule has 2 aromatic rings. The SMILES string of the molecule is COCCOc1cnc(O[C@@H]2C[C@H]3C(=O)N[C@]4(C(=O)NS(=O)(=O)C5CC5)C[C@H]4C=CCC[C@@H](C)C[C@@H](C)[C@H](N(C(=O)O)C4COC4)C(=O)N3C2)c2ccc(OC)cc12. The third kappa shape index (κ3) is 8.54. The van der Waals surface area contributed by atoms with Crippen LogP contribution in [0.3, 0.4) is 0 Å². The van der Waals surface area contributed by atoms with Crippen LogP contribution in [0.4, 0.5) is 4.79 Å². The molecule has 2 saturated carbocycles. The van der Waals surface area contributed by atoms with Gasteiger partial charge in [-0.05, 0) is 68.6 Å². The summed E-state index contributed by atoms with van der Waals surface area (Å²) in [5.41, 5.74) is -1.56. The molecule has 4 heterocycles. The molecule has 3 aliphatic heterocycles. The van der Waals surface area contributed by atoms with Crippen LogP contribution in [0.5, 0.6) is 17.4 Å². The van der Waals surface area contributed by atoms with Gasteiger partial charge in [0.25, 0.3) is 5.91 Å². The van der Waals surface area contributed by atoms with Gasteiger partial charge in [-0.1, -0.05) is 26.0 Å². The number of rotatable bonds is 12. The van der Waals surface area contributed by atoms with Crippen LogP contribution in [0, 0.1) is 17.8 Å². The molecule has 58 heavy (non-hydrogen) atoms. The molecule has 7 rings (SSSR count). The zero-order valence-electron chi connectivity index (χ0n) is 33.3. The predicted octanol–water partition coefficient (Wildman–Crippen LogP) is 2.86. The molecular formula is C40H53N5O12S. The molecular weight excluding hydrogens is 775 g/mol. The van der Waals surface area contributed by atoms with E-state index in [0.717, 1.165) is 6.42 Å². The van der Waals surface area contributed by atoms with Crippen LogP contribution in [0.2, 0.25) is 0 Å². The number of hydrogen-bond acceptors (Lipinski definition) is 12. The van der Waals surface area contributed by atoms with Gasteiger partial charge in [-0.25, -0.2) is 18.2 Å². The standard InChI is InChI=1S/C40H53N5O12S/c1-23-7-5-6-8-25-18-40(25,38(48)43-58(51,52)29-10-11-29)42-35(46)32-17-28(20-44(32)37(47)34(24(2)15-23)45(39(49)50)26-21-55-22-26)57-36-30-12-9-27(54-4)16-31(30)33(19-41-36)56-14-13-53-3/h6,8-9,12,16,19,23-26,28-29,32,34H,5,7,10-11,13-15,17-18,20-22H2,1-4H3,(H,42,46)(H,43,48)(H,49,50)/t23-,24-,25-,28-,32+,34+,40-/m1/s1. The average molecular weight is 828 g/mol. The maximum atomic E-state index is 15.1. The number of carbonyl (C=O) groups is 4.